The fourth-order valence-corrected chi connectivity index (χ4v) is 3.02. The Labute approximate surface area is 138 Å². The lowest BCUT2D eigenvalue weighted by Gasteiger charge is -2.32. The van der Waals surface area contributed by atoms with Crippen LogP contribution in [0.25, 0.3) is 0 Å². The maximum absolute atomic E-state index is 6.08. The van der Waals surface area contributed by atoms with Crippen molar-refractivity contribution in [3.05, 3.63) is 28.8 Å². The van der Waals surface area contributed by atoms with Gasteiger partial charge in [-0.2, -0.15) is 0 Å². The van der Waals surface area contributed by atoms with E-state index in [0.717, 1.165) is 37.6 Å². The molecule has 0 amide bonds. The summed E-state index contributed by atoms with van der Waals surface area (Å²) in [6.07, 6.45) is 0.677. The van der Waals surface area contributed by atoms with Gasteiger partial charge < -0.3 is 19.1 Å². The number of ether oxygens (including phenoxy) is 3. The van der Waals surface area contributed by atoms with E-state index < -0.39 is 0 Å². The van der Waals surface area contributed by atoms with E-state index >= 15 is 0 Å². The Morgan fingerprint density at radius 2 is 1.91 bits per heavy atom. The van der Waals surface area contributed by atoms with Crippen LogP contribution in [0.15, 0.2) is 18.2 Å². The average Bonchev–Trinajstić information content (AvgIpc) is 2.45. The van der Waals surface area contributed by atoms with Crippen molar-refractivity contribution in [2.75, 3.05) is 39.5 Å². The first-order chi connectivity index (χ1) is 10.5. The minimum absolute atomic E-state index is 0.338. The lowest BCUT2D eigenvalue weighted by atomic mass is 10.2. The van der Waals surface area contributed by atoms with E-state index in [0.29, 0.717) is 30.4 Å². The van der Waals surface area contributed by atoms with Crippen LogP contribution in [0.2, 0.25) is 5.02 Å². The van der Waals surface area contributed by atoms with Crippen LogP contribution >= 0.6 is 11.6 Å². The van der Waals surface area contributed by atoms with Gasteiger partial charge in [-0.25, -0.2) is 0 Å². The van der Waals surface area contributed by atoms with Crippen molar-refractivity contribution in [3.63, 3.8) is 0 Å². The monoisotopic (exact) mass is 328 g/mol. The van der Waals surface area contributed by atoms with Gasteiger partial charge in [-0.05, 0) is 38.5 Å². The first-order valence-electron chi connectivity index (χ1n) is 8.00. The summed E-state index contributed by atoms with van der Waals surface area (Å²) in [5.41, 5.74) is 1.14. The van der Waals surface area contributed by atoms with Crippen LogP contribution in [0, 0.1) is 6.92 Å². The van der Waals surface area contributed by atoms with Gasteiger partial charge in [-0.3, -0.25) is 0 Å². The molecule has 2 rings (SSSR count). The van der Waals surface area contributed by atoms with Crippen LogP contribution in [-0.4, -0.2) is 51.7 Å². The van der Waals surface area contributed by atoms with Crippen molar-refractivity contribution in [2.24, 2.45) is 0 Å². The number of benzene rings is 1. The van der Waals surface area contributed by atoms with E-state index in [-0.39, 0.29) is 0 Å². The summed E-state index contributed by atoms with van der Waals surface area (Å²) < 4.78 is 17.1. The summed E-state index contributed by atoms with van der Waals surface area (Å²) in [5, 5.41) is 0.645. The summed E-state index contributed by atoms with van der Waals surface area (Å²) >= 11 is 6.08. The lowest BCUT2D eigenvalue weighted by Crippen LogP contribution is -3.15. The number of hydrogen-bond donors (Lipinski definition) is 1. The third-order valence-electron chi connectivity index (χ3n) is 3.79. The molecule has 0 spiro atoms. The molecule has 1 heterocycles. The molecule has 1 aromatic carbocycles. The van der Waals surface area contributed by atoms with E-state index in [2.05, 4.69) is 13.8 Å². The van der Waals surface area contributed by atoms with Gasteiger partial charge in [0, 0.05) is 0 Å². The molecule has 1 aliphatic rings. The highest BCUT2D eigenvalue weighted by Crippen LogP contribution is 2.24. The minimum atomic E-state index is 0.338. The smallest absolute Gasteiger partial charge is 0.138 e. The molecule has 1 fully saturated rings. The molecule has 0 aromatic heterocycles. The van der Waals surface area contributed by atoms with Gasteiger partial charge in [0.15, 0.2) is 0 Å². The summed E-state index contributed by atoms with van der Waals surface area (Å²) in [5.74, 6) is 0.728. The Morgan fingerprint density at radius 1 is 1.18 bits per heavy atom. The number of halogens is 1. The average molecular weight is 329 g/mol. The van der Waals surface area contributed by atoms with Gasteiger partial charge >= 0.3 is 0 Å². The number of rotatable bonds is 7. The number of nitrogens with one attached hydrogen (secondary N) is 1. The molecule has 0 radical (unpaired) electrons. The predicted octanol–water partition coefficient (Wildman–Crippen LogP) is 1.74. The molecule has 0 saturated carbocycles. The fraction of sp³-hybridized carbons (Fsp3) is 0.647. The van der Waals surface area contributed by atoms with Crippen molar-refractivity contribution in [3.8, 4) is 5.75 Å². The van der Waals surface area contributed by atoms with E-state index in [9.17, 15) is 0 Å². The zero-order chi connectivity index (χ0) is 15.9. The largest absolute Gasteiger partial charge is 0.490 e. The molecule has 2 atom stereocenters. The number of aryl methyl sites for hydroxylation is 1. The maximum atomic E-state index is 6.08. The first kappa shape index (κ1) is 17.5. The summed E-state index contributed by atoms with van der Waals surface area (Å²) in [6, 6.07) is 5.78. The second kappa shape index (κ2) is 8.73. The van der Waals surface area contributed by atoms with Crippen LogP contribution in [-0.2, 0) is 9.47 Å². The molecule has 0 unspecified atom stereocenters. The molecule has 0 bridgehead atoms. The van der Waals surface area contributed by atoms with Gasteiger partial charge in [-0.15, -0.1) is 0 Å². The van der Waals surface area contributed by atoms with Gasteiger partial charge in [0.1, 0.15) is 44.2 Å². The third kappa shape index (κ3) is 5.76. The molecular formula is C17H27ClNO3+. The van der Waals surface area contributed by atoms with E-state index in [1.165, 1.54) is 0 Å². The summed E-state index contributed by atoms with van der Waals surface area (Å²) in [6.45, 7) is 11.3. The zero-order valence-corrected chi connectivity index (χ0v) is 14.5. The Balaban J connectivity index is 1.58. The second-order valence-electron chi connectivity index (χ2n) is 6.06. The zero-order valence-electron chi connectivity index (χ0n) is 13.7. The maximum Gasteiger partial charge on any atom is 0.138 e. The highest BCUT2D eigenvalue weighted by molar-refractivity contribution is 6.32. The van der Waals surface area contributed by atoms with Crippen molar-refractivity contribution in [1.82, 2.24) is 0 Å². The molecule has 5 heteroatoms. The predicted molar refractivity (Wildman–Crippen MR) is 88.1 cm³/mol. The van der Waals surface area contributed by atoms with Crippen LogP contribution < -0.4 is 9.64 Å². The Bertz CT molecular complexity index is 459. The topological polar surface area (TPSA) is 32.1 Å². The quantitative estimate of drug-likeness (QED) is 0.774. The minimum Gasteiger partial charge on any atom is -0.490 e. The molecule has 4 nitrogen and oxygen atoms in total. The summed E-state index contributed by atoms with van der Waals surface area (Å²) in [4.78, 5) is 1.55. The molecule has 1 N–H and O–H groups in total. The number of hydrogen-bond acceptors (Lipinski definition) is 3. The molecular weight excluding hydrogens is 302 g/mol. The van der Waals surface area contributed by atoms with E-state index in [1.807, 2.05) is 25.1 Å². The number of quaternary nitrogens is 1. The molecule has 22 heavy (non-hydrogen) atoms. The Hall–Kier alpha value is -0.810. The van der Waals surface area contributed by atoms with Crippen LogP contribution in [0.3, 0.4) is 0 Å². The van der Waals surface area contributed by atoms with Crippen molar-refractivity contribution >= 4 is 11.6 Å². The molecule has 0 aliphatic carbocycles. The van der Waals surface area contributed by atoms with Gasteiger partial charge in [-0.1, -0.05) is 17.7 Å². The van der Waals surface area contributed by atoms with Gasteiger partial charge in [0.25, 0.3) is 0 Å². The van der Waals surface area contributed by atoms with Gasteiger partial charge in [0.2, 0.25) is 0 Å². The van der Waals surface area contributed by atoms with Crippen molar-refractivity contribution < 1.29 is 19.1 Å². The molecule has 124 valence electrons. The fourth-order valence-electron chi connectivity index (χ4n) is 2.84. The highest BCUT2D eigenvalue weighted by Gasteiger charge is 2.24. The van der Waals surface area contributed by atoms with Gasteiger partial charge in [0.05, 0.1) is 18.2 Å². The molecule has 1 saturated heterocycles. The van der Waals surface area contributed by atoms with Crippen molar-refractivity contribution in [1.29, 1.82) is 0 Å². The lowest BCUT2D eigenvalue weighted by molar-refractivity contribution is -0.915. The highest BCUT2D eigenvalue weighted by atomic mass is 35.5. The Morgan fingerprint density at radius 3 is 2.64 bits per heavy atom. The standard InChI is InChI=1S/C17H26ClNO3/c1-13-4-5-16(18)17(10-13)21-9-8-20-7-6-19-11-14(2)22-15(3)12-19/h4-5,10,14-15H,6-9,11-12H2,1-3H3/p+1/t14-,15-/m1/s1. The first-order valence-corrected chi connectivity index (χ1v) is 8.38. The third-order valence-corrected chi connectivity index (χ3v) is 4.10. The second-order valence-corrected chi connectivity index (χ2v) is 6.47. The Kier molecular flexibility index (Phi) is 6.96. The molecule has 1 aromatic rings. The van der Waals surface area contributed by atoms with Crippen molar-refractivity contribution in [2.45, 2.75) is 33.0 Å². The van der Waals surface area contributed by atoms with Crippen LogP contribution in [0.4, 0.5) is 0 Å². The number of morpholine rings is 1. The van der Waals surface area contributed by atoms with E-state index in [1.54, 1.807) is 4.90 Å². The van der Waals surface area contributed by atoms with Crippen LogP contribution in [0.5, 0.6) is 5.75 Å². The summed E-state index contributed by atoms with van der Waals surface area (Å²) in [7, 11) is 0. The van der Waals surface area contributed by atoms with Crippen LogP contribution in [0.1, 0.15) is 19.4 Å². The molecule has 1 aliphatic heterocycles. The SMILES string of the molecule is Cc1ccc(Cl)c(OCCOCC[NH+]2C[C@@H](C)O[C@H](C)C2)c1. The van der Waals surface area contributed by atoms with E-state index in [4.69, 9.17) is 25.8 Å². The normalized spacial score (nSPS) is 25.2.